The summed E-state index contributed by atoms with van der Waals surface area (Å²) in [5.41, 5.74) is 0. The molecule has 0 saturated carbocycles. The van der Waals surface area contributed by atoms with E-state index >= 15 is 0 Å². The summed E-state index contributed by atoms with van der Waals surface area (Å²) in [6.45, 7) is 5.88. The molecule has 1 unspecified atom stereocenters. The summed E-state index contributed by atoms with van der Waals surface area (Å²) in [5, 5.41) is 15.3. The zero-order chi connectivity index (χ0) is 11.8. The number of hydrogen-bond donors (Lipinski definition) is 3. The number of nitrogens with zero attached hydrogens (tertiary/aromatic N) is 2. The van der Waals surface area contributed by atoms with Gasteiger partial charge in [-0.3, -0.25) is 0 Å². The lowest BCUT2D eigenvalue weighted by Crippen LogP contribution is -2.15. The van der Waals surface area contributed by atoms with Gasteiger partial charge in [-0.1, -0.05) is 13.8 Å². The first-order valence-corrected chi connectivity index (χ1v) is 5.67. The van der Waals surface area contributed by atoms with Crippen molar-refractivity contribution in [2.75, 3.05) is 30.3 Å². The van der Waals surface area contributed by atoms with E-state index in [-0.39, 0.29) is 12.5 Å². The lowest BCUT2D eigenvalue weighted by Gasteiger charge is -2.11. The van der Waals surface area contributed by atoms with Crippen LogP contribution < -0.4 is 10.6 Å². The molecule has 0 aliphatic rings. The molecule has 0 spiro atoms. The average molecular weight is 224 g/mol. The third-order valence-electron chi connectivity index (χ3n) is 2.17. The normalized spacial score (nSPS) is 12.2. The van der Waals surface area contributed by atoms with Crippen molar-refractivity contribution in [2.45, 2.75) is 20.3 Å². The van der Waals surface area contributed by atoms with Gasteiger partial charge in [0, 0.05) is 25.8 Å². The minimum absolute atomic E-state index is 0.180. The first kappa shape index (κ1) is 12.7. The fraction of sp³-hybridized carbons (Fsp3) is 0.636. The number of aliphatic hydroxyl groups is 1. The Hall–Kier alpha value is -1.36. The second-order valence-corrected chi connectivity index (χ2v) is 3.88. The van der Waals surface area contributed by atoms with Crippen molar-refractivity contribution < 1.29 is 5.11 Å². The van der Waals surface area contributed by atoms with Crippen LogP contribution in [0.1, 0.15) is 20.3 Å². The molecule has 0 bridgehead atoms. The minimum Gasteiger partial charge on any atom is -0.396 e. The van der Waals surface area contributed by atoms with Gasteiger partial charge in [-0.25, -0.2) is 9.97 Å². The SMILES string of the molecule is CCCNc1cc(NCC(C)CO)ncn1. The van der Waals surface area contributed by atoms with Crippen molar-refractivity contribution in [1.29, 1.82) is 0 Å². The average Bonchev–Trinajstić information content (AvgIpc) is 2.34. The maximum Gasteiger partial charge on any atom is 0.131 e. The lowest BCUT2D eigenvalue weighted by molar-refractivity contribution is 0.244. The Morgan fingerprint density at radius 1 is 1.31 bits per heavy atom. The highest BCUT2D eigenvalue weighted by Crippen LogP contribution is 2.09. The molecule has 5 heteroatoms. The van der Waals surface area contributed by atoms with Gasteiger partial charge in [0.15, 0.2) is 0 Å². The summed E-state index contributed by atoms with van der Waals surface area (Å²) in [6.07, 6.45) is 2.60. The van der Waals surface area contributed by atoms with E-state index in [2.05, 4.69) is 27.5 Å². The number of nitrogens with one attached hydrogen (secondary N) is 2. The number of anilines is 2. The Bertz CT molecular complexity index is 306. The van der Waals surface area contributed by atoms with Gasteiger partial charge in [0.2, 0.25) is 0 Å². The van der Waals surface area contributed by atoms with E-state index < -0.39 is 0 Å². The van der Waals surface area contributed by atoms with Crippen molar-refractivity contribution in [1.82, 2.24) is 9.97 Å². The largest absolute Gasteiger partial charge is 0.396 e. The standard InChI is InChI=1S/C11H20N4O/c1-3-4-12-10-5-11(15-8-14-10)13-6-9(2)7-16/h5,8-9,16H,3-4,6-7H2,1-2H3,(H2,12,13,14,15). The van der Waals surface area contributed by atoms with E-state index in [0.717, 1.165) is 24.6 Å². The monoisotopic (exact) mass is 224 g/mol. The van der Waals surface area contributed by atoms with Crippen LogP contribution in [0.5, 0.6) is 0 Å². The molecule has 0 fully saturated rings. The van der Waals surface area contributed by atoms with E-state index in [4.69, 9.17) is 5.11 Å². The summed E-state index contributed by atoms with van der Waals surface area (Å²) in [7, 11) is 0. The summed E-state index contributed by atoms with van der Waals surface area (Å²) >= 11 is 0. The lowest BCUT2D eigenvalue weighted by atomic mass is 10.2. The number of aliphatic hydroxyl groups excluding tert-OH is 1. The second kappa shape index (κ2) is 7.00. The van der Waals surface area contributed by atoms with Crippen LogP contribution in [-0.2, 0) is 0 Å². The molecular formula is C11H20N4O. The molecule has 1 heterocycles. The van der Waals surface area contributed by atoms with Crippen LogP contribution in [0.2, 0.25) is 0 Å². The second-order valence-electron chi connectivity index (χ2n) is 3.88. The van der Waals surface area contributed by atoms with Crippen molar-refractivity contribution in [2.24, 2.45) is 5.92 Å². The molecule has 16 heavy (non-hydrogen) atoms. The quantitative estimate of drug-likeness (QED) is 0.652. The molecule has 1 atom stereocenters. The topological polar surface area (TPSA) is 70.1 Å². The van der Waals surface area contributed by atoms with E-state index in [9.17, 15) is 0 Å². The molecule has 0 aromatic carbocycles. The van der Waals surface area contributed by atoms with Crippen LogP contribution in [0.15, 0.2) is 12.4 Å². The van der Waals surface area contributed by atoms with Crippen molar-refractivity contribution >= 4 is 11.6 Å². The first-order chi connectivity index (χ1) is 7.76. The van der Waals surface area contributed by atoms with Gasteiger partial charge in [0.25, 0.3) is 0 Å². The molecule has 0 aliphatic carbocycles. The van der Waals surface area contributed by atoms with Crippen LogP contribution in [0.3, 0.4) is 0 Å². The van der Waals surface area contributed by atoms with Gasteiger partial charge in [-0.05, 0) is 12.3 Å². The highest BCUT2D eigenvalue weighted by atomic mass is 16.3. The predicted octanol–water partition coefficient (Wildman–Crippen LogP) is 1.34. The van der Waals surface area contributed by atoms with Gasteiger partial charge >= 0.3 is 0 Å². The Morgan fingerprint density at radius 3 is 2.62 bits per heavy atom. The van der Waals surface area contributed by atoms with E-state index in [1.807, 2.05) is 13.0 Å². The fourth-order valence-corrected chi connectivity index (χ4v) is 1.15. The summed E-state index contributed by atoms with van der Waals surface area (Å²) in [4.78, 5) is 8.22. The summed E-state index contributed by atoms with van der Waals surface area (Å²) in [6, 6.07) is 1.87. The van der Waals surface area contributed by atoms with Gasteiger partial charge in [0.05, 0.1) is 0 Å². The van der Waals surface area contributed by atoms with Crippen LogP contribution in [0.25, 0.3) is 0 Å². The molecule has 1 aromatic rings. The molecule has 1 rings (SSSR count). The maximum atomic E-state index is 8.90. The minimum atomic E-state index is 0.180. The Kier molecular flexibility index (Phi) is 5.56. The molecule has 0 aliphatic heterocycles. The van der Waals surface area contributed by atoms with Gasteiger partial charge in [0.1, 0.15) is 18.0 Å². The number of hydrogen-bond acceptors (Lipinski definition) is 5. The Balaban J connectivity index is 2.46. The zero-order valence-electron chi connectivity index (χ0n) is 9.90. The Morgan fingerprint density at radius 2 is 2.00 bits per heavy atom. The van der Waals surface area contributed by atoms with E-state index in [1.165, 1.54) is 6.33 Å². The third-order valence-corrected chi connectivity index (χ3v) is 2.17. The van der Waals surface area contributed by atoms with Crippen LogP contribution in [0.4, 0.5) is 11.6 Å². The smallest absolute Gasteiger partial charge is 0.131 e. The third kappa shape index (κ3) is 4.44. The molecule has 1 aromatic heterocycles. The van der Waals surface area contributed by atoms with Crippen molar-refractivity contribution in [3.63, 3.8) is 0 Å². The van der Waals surface area contributed by atoms with E-state index in [1.54, 1.807) is 0 Å². The highest BCUT2D eigenvalue weighted by Gasteiger charge is 2.01. The van der Waals surface area contributed by atoms with Crippen LogP contribution in [-0.4, -0.2) is 34.8 Å². The van der Waals surface area contributed by atoms with Gasteiger partial charge in [-0.2, -0.15) is 0 Å². The van der Waals surface area contributed by atoms with Gasteiger partial charge < -0.3 is 15.7 Å². The maximum absolute atomic E-state index is 8.90. The molecule has 5 nitrogen and oxygen atoms in total. The molecular weight excluding hydrogens is 204 g/mol. The number of rotatable bonds is 7. The predicted molar refractivity (Wildman–Crippen MR) is 65.6 cm³/mol. The van der Waals surface area contributed by atoms with Crippen LogP contribution >= 0.6 is 0 Å². The molecule has 3 N–H and O–H groups in total. The highest BCUT2D eigenvalue weighted by molar-refractivity contribution is 5.46. The fourth-order valence-electron chi connectivity index (χ4n) is 1.15. The summed E-state index contributed by atoms with van der Waals surface area (Å²) in [5.74, 6) is 1.84. The molecule has 0 radical (unpaired) electrons. The van der Waals surface area contributed by atoms with Gasteiger partial charge in [-0.15, -0.1) is 0 Å². The molecule has 0 saturated heterocycles. The van der Waals surface area contributed by atoms with Crippen LogP contribution in [0, 0.1) is 5.92 Å². The zero-order valence-corrected chi connectivity index (χ0v) is 9.90. The van der Waals surface area contributed by atoms with Crippen molar-refractivity contribution in [3.05, 3.63) is 12.4 Å². The Labute approximate surface area is 96.3 Å². The molecule has 90 valence electrons. The first-order valence-electron chi connectivity index (χ1n) is 5.67. The summed E-state index contributed by atoms with van der Waals surface area (Å²) < 4.78 is 0. The number of aromatic nitrogens is 2. The van der Waals surface area contributed by atoms with E-state index in [0.29, 0.717) is 6.54 Å². The van der Waals surface area contributed by atoms with Crippen molar-refractivity contribution in [3.8, 4) is 0 Å². The molecule has 0 amide bonds.